The largest absolute Gasteiger partial charge is 0.382 e. The summed E-state index contributed by atoms with van der Waals surface area (Å²) in [5.74, 6) is 1.17. The summed E-state index contributed by atoms with van der Waals surface area (Å²) in [7, 11) is 0. The van der Waals surface area contributed by atoms with Crippen molar-refractivity contribution >= 4 is 29.2 Å². The second kappa shape index (κ2) is 13.6. The molecule has 1 aromatic heterocycles. The highest BCUT2D eigenvalue weighted by Gasteiger charge is 2.19. The summed E-state index contributed by atoms with van der Waals surface area (Å²) >= 11 is 0. The predicted octanol–water partition coefficient (Wildman–Crippen LogP) is 4.49. The zero-order valence-electron chi connectivity index (χ0n) is 20.9. The van der Waals surface area contributed by atoms with E-state index >= 15 is 0 Å². The van der Waals surface area contributed by atoms with Crippen molar-refractivity contribution in [2.24, 2.45) is 0 Å². The van der Waals surface area contributed by atoms with E-state index in [2.05, 4.69) is 77.4 Å². The molecule has 0 bridgehead atoms. The smallest absolute Gasteiger partial charge is 0.226 e. The Morgan fingerprint density at radius 1 is 1.03 bits per heavy atom. The predicted molar refractivity (Wildman–Crippen MR) is 139 cm³/mol. The second-order valence-electron chi connectivity index (χ2n) is 8.30. The summed E-state index contributed by atoms with van der Waals surface area (Å²) in [5, 5.41) is 6.08. The summed E-state index contributed by atoms with van der Waals surface area (Å²) in [6.45, 7) is 15.3. The number of carbonyl (C=O) groups is 1. The van der Waals surface area contributed by atoms with Crippen LogP contribution < -0.4 is 21.3 Å². The Labute approximate surface area is 199 Å². The van der Waals surface area contributed by atoms with E-state index < -0.39 is 0 Å². The molecule has 182 valence electrons. The molecule has 0 aliphatic heterocycles. The van der Waals surface area contributed by atoms with Crippen LogP contribution in [0.5, 0.6) is 0 Å². The van der Waals surface area contributed by atoms with Crippen LogP contribution in [0.3, 0.4) is 0 Å². The maximum Gasteiger partial charge on any atom is 0.226 e. The Kier molecular flexibility index (Phi) is 10.9. The third-order valence-electron chi connectivity index (χ3n) is 5.47. The van der Waals surface area contributed by atoms with Crippen LogP contribution in [0.15, 0.2) is 24.3 Å². The van der Waals surface area contributed by atoms with Gasteiger partial charge >= 0.3 is 0 Å². The van der Waals surface area contributed by atoms with E-state index in [1.807, 2.05) is 0 Å². The van der Waals surface area contributed by atoms with Crippen molar-refractivity contribution in [2.75, 3.05) is 47.4 Å². The van der Waals surface area contributed by atoms with Gasteiger partial charge in [0.2, 0.25) is 11.9 Å². The van der Waals surface area contributed by atoms with Gasteiger partial charge in [0, 0.05) is 33.1 Å². The van der Waals surface area contributed by atoms with Gasteiger partial charge in [0.05, 0.1) is 0 Å². The first-order valence-electron chi connectivity index (χ1n) is 12.2. The fraction of sp³-hybridized carbons (Fsp3) is 0.560. The summed E-state index contributed by atoms with van der Waals surface area (Å²) in [6, 6.07) is 8.67. The molecular formula is C25H41N7O. The van der Waals surface area contributed by atoms with E-state index in [-0.39, 0.29) is 11.7 Å². The lowest BCUT2D eigenvalue weighted by molar-refractivity contribution is -0.114. The number of unbranched alkanes of at least 4 members (excludes halogenated alkanes) is 1. The molecule has 1 amide bonds. The summed E-state index contributed by atoms with van der Waals surface area (Å²) < 4.78 is 0. The molecule has 0 atom stereocenters. The molecule has 4 N–H and O–H groups in total. The van der Waals surface area contributed by atoms with Crippen molar-refractivity contribution < 1.29 is 4.79 Å². The SMILES string of the molecule is CCCCNc1nc(N)c(NC(C)=O)c(N(CC)Cc2cccc(CN(CC)CCC)c2)n1. The third-order valence-corrected chi connectivity index (χ3v) is 5.47. The molecule has 1 aromatic carbocycles. The van der Waals surface area contributed by atoms with Crippen LogP contribution in [0.2, 0.25) is 0 Å². The van der Waals surface area contributed by atoms with Gasteiger partial charge in [-0.05, 0) is 44.0 Å². The minimum atomic E-state index is -0.202. The van der Waals surface area contributed by atoms with E-state index in [1.54, 1.807) is 0 Å². The first kappa shape index (κ1) is 26.4. The lowest BCUT2D eigenvalue weighted by Crippen LogP contribution is -2.27. The number of rotatable bonds is 14. The third kappa shape index (κ3) is 8.20. The number of nitrogen functional groups attached to an aromatic ring is 1. The highest BCUT2D eigenvalue weighted by atomic mass is 16.1. The van der Waals surface area contributed by atoms with Gasteiger partial charge in [0.15, 0.2) is 11.6 Å². The molecule has 2 aromatic rings. The van der Waals surface area contributed by atoms with Gasteiger partial charge in [-0.25, -0.2) is 0 Å². The van der Waals surface area contributed by atoms with E-state index in [0.29, 0.717) is 30.5 Å². The molecule has 2 rings (SSSR count). The number of nitrogens with two attached hydrogens (primary N) is 1. The summed E-state index contributed by atoms with van der Waals surface area (Å²) in [5.41, 5.74) is 9.19. The van der Waals surface area contributed by atoms with Crippen molar-refractivity contribution in [3.8, 4) is 0 Å². The number of carbonyl (C=O) groups excluding carboxylic acids is 1. The van der Waals surface area contributed by atoms with Crippen LogP contribution >= 0.6 is 0 Å². The number of nitrogens with one attached hydrogen (secondary N) is 2. The van der Waals surface area contributed by atoms with Gasteiger partial charge < -0.3 is 21.3 Å². The normalized spacial score (nSPS) is 11.0. The van der Waals surface area contributed by atoms with E-state index in [1.165, 1.54) is 18.1 Å². The number of anilines is 4. The van der Waals surface area contributed by atoms with Crippen LogP contribution in [0.4, 0.5) is 23.3 Å². The first-order chi connectivity index (χ1) is 15.9. The molecule has 0 saturated carbocycles. The van der Waals surface area contributed by atoms with Gasteiger partial charge in [0.1, 0.15) is 5.69 Å². The van der Waals surface area contributed by atoms with E-state index in [4.69, 9.17) is 10.7 Å². The average molecular weight is 456 g/mol. The Balaban J connectivity index is 2.32. The van der Waals surface area contributed by atoms with Gasteiger partial charge in [-0.2, -0.15) is 9.97 Å². The second-order valence-corrected chi connectivity index (χ2v) is 8.30. The quantitative estimate of drug-likeness (QED) is 0.361. The molecule has 0 saturated heterocycles. The number of amides is 1. The van der Waals surface area contributed by atoms with Gasteiger partial charge in [0.25, 0.3) is 0 Å². The van der Waals surface area contributed by atoms with Gasteiger partial charge in [-0.1, -0.05) is 51.5 Å². The fourth-order valence-electron chi connectivity index (χ4n) is 3.75. The number of aromatic nitrogens is 2. The highest BCUT2D eigenvalue weighted by molar-refractivity contribution is 5.95. The molecule has 0 fully saturated rings. The number of hydrogen-bond donors (Lipinski definition) is 3. The lowest BCUT2D eigenvalue weighted by atomic mass is 10.1. The minimum absolute atomic E-state index is 0.202. The zero-order chi connectivity index (χ0) is 24.2. The number of benzene rings is 1. The zero-order valence-corrected chi connectivity index (χ0v) is 20.9. The highest BCUT2D eigenvalue weighted by Crippen LogP contribution is 2.31. The molecule has 8 heteroatoms. The van der Waals surface area contributed by atoms with Crippen molar-refractivity contribution in [1.82, 2.24) is 14.9 Å². The Bertz CT molecular complexity index is 887. The maximum atomic E-state index is 11.9. The van der Waals surface area contributed by atoms with E-state index in [0.717, 1.165) is 45.4 Å². The van der Waals surface area contributed by atoms with Crippen molar-refractivity contribution in [1.29, 1.82) is 0 Å². The molecule has 0 spiro atoms. The Hall–Kier alpha value is -2.87. The average Bonchev–Trinajstić information content (AvgIpc) is 2.79. The van der Waals surface area contributed by atoms with E-state index in [9.17, 15) is 4.79 Å². The summed E-state index contributed by atoms with van der Waals surface area (Å²) in [6.07, 6.45) is 3.24. The van der Waals surface area contributed by atoms with Crippen LogP contribution in [0.25, 0.3) is 0 Å². The monoisotopic (exact) mass is 455 g/mol. The number of nitrogens with zero attached hydrogens (tertiary/aromatic N) is 4. The molecular weight excluding hydrogens is 414 g/mol. The molecule has 8 nitrogen and oxygen atoms in total. The first-order valence-corrected chi connectivity index (χ1v) is 12.2. The fourth-order valence-corrected chi connectivity index (χ4v) is 3.75. The topological polar surface area (TPSA) is 99.4 Å². The molecule has 33 heavy (non-hydrogen) atoms. The molecule has 1 heterocycles. The molecule has 0 aliphatic carbocycles. The van der Waals surface area contributed by atoms with Crippen LogP contribution in [0, 0.1) is 0 Å². The van der Waals surface area contributed by atoms with Crippen LogP contribution in [0.1, 0.15) is 65.0 Å². The van der Waals surface area contributed by atoms with Gasteiger partial charge in [-0.15, -0.1) is 0 Å². The van der Waals surface area contributed by atoms with Crippen LogP contribution in [-0.2, 0) is 17.9 Å². The minimum Gasteiger partial charge on any atom is -0.382 e. The number of hydrogen-bond acceptors (Lipinski definition) is 7. The molecule has 0 aliphatic rings. The lowest BCUT2D eigenvalue weighted by Gasteiger charge is -2.26. The van der Waals surface area contributed by atoms with Crippen LogP contribution in [-0.4, -0.2) is 47.0 Å². The van der Waals surface area contributed by atoms with Crippen molar-refractivity contribution in [3.05, 3.63) is 35.4 Å². The van der Waals surface area contributed by atoms with Crippen molar-refractivity contribution in [3.63, 3.8) is 0 Å². The molecule has 0 radical (unpaired) electrons. The van der Waals surface area contributed by atoms with Crippen molar-refractivity contribution in [2.45, 2.75) is 67.0 Å². The molecule has 0 unspecified atom stereocenters. The Morgan fingerprint density at radius 2 is 1.76 bits per heavy atom. The maximum absolute atomic E-state index is 11.9. The summed E-state index contributed by atoms with van der Waals surface area (Å²) in [4.78, 5) is 25.5. The standard InChI is InChI=1S/C25H41N7O/c1-6-10-14-27-25-29-23(26)22(28-19(5)33)24(30-25)32(9-4)18-21-13-11-12-20(16-21)17-31(8-3)15-7-2/h11-13,16H,6-10,14-15,17-18H2,1-5H3,(H,28,33)(H3,26,27,29,30). The Morgan fingerprint density at radius 3 is 2.36 bits per heavy atom. The van der Waals surface area contributed by atoms with Gasteiger partial charge in [-0.3, -0.25) is 9.69 Å².